The van der Waals surface area contributed by atoms with E-state index < -0.39 is 0 Å². The van der Waals surface area contributed by atoms with Crippen molar-refractivity contribution in [2.24, 2.45) is 0 Å². The molecule has 0 aliphatic carbocycles. The molecule has 26 heavy (non-hydrogen) atoms. The number of nitrogens with zero attached hydrogens (tertiary/aromatic N) is 1. The molecular formula is C21H23Br2NO2. The molecule has 0 radical (unpaired) electrons. The summed E-state index contributed by atoms with van der Waals surface area (Å²) in [6, 6.07) is 14.6. The summed E-state index contributed by atoms with van der Waals surface area (Å²) >= 11 is 3.37. The van der Waals surface area contributed by atoms with Crippen molar-refractivity contribution in [1.82, 2.24) is 4.90 Å². The second kappa shape index (κ2) is 11.8. The van der Waals surface area contributed by atoms with Crippen LogP contribution in [0.2, 0.25) is 0 Å². The molecule has 138 valence electrons. The summed E-state index contributed by atoms with van der Waals surface area (Å²) in [5.41, 5.74) is 1.32. The van der Waals surface area contributed by atoms with Gasteiger partial charge >= 0.3 is 0 Å². The van der Waals surface area contributed by atoms with Gasteiger partial charge in [0.2, 0.25) is 0 Å². The molecule has 0 heterocycles. The van der Waals surface area contributed by atoms with Gasteiger partial charge in [0.1, 0.15) is 12.4 Å². The van der Waals surface area contributed by atoms with E-state index in [2.05, 4.69) is 33.5 Å². The Morgan fingerprint density at radius 1 is 1.04 bits per heavy atom. The maximum Gasteiger partial charge on any atom is 0.193 e. The third-order valence-electron chi connectivity index (χ3n) is 3.59. The Hall–Kier alpha value is -1.69. The first-order chi connectivity index (χ1) is 12.1. The first-order valence-corrected chi connectivity index (χ1v) is 8.87. The molecule has 0 N–H and O–H groups in total. The lowest BCUT2D eigenvalue weighted by Crippen LogP contribution is -2.17. The predicted octanol–water partition coefficient (Wildman–Crippen LogP) is 5.31. The van der Waals surface area contributed by atoms with E-state index in [4.69, 9.17) is 4.74 Å². The van der Waals surface area contributed by atoms with Crippen molar-refractivity contribution in [3.63, 3.8) is 0 Å². The summed E-state index contributed by atoms with van der Waals surface area (Å²) in [6.07, 6.45) is 5.93. The number of carbonyl (C=O) groups is 1. The van der Waals surface area contributed by atoms with Gasteiger partial charge in [-0.25, -0.2) is 0 Å². The van der Waals surface area contributed by atoms with Gasteiger partial charge in [-0.05, 0) is 55.6 Å². The molecule has 0 bridgehead atoms. The predicted molar refractivity (Wildman–Crippen MR) is 117 cm³/mol. The van der Waals surface area contributed by atoms with Crippen molar-refractivity contribution >= 4 is 38.7 Å². The van der Waals surface area contributed by atoms with Crippen LogP contribution in [0.3, 0.4) is 0 Å². The molecule has 2 rings (SSSR count). The van der Waals surface area contributed by atoms with Gasteiger partial charge in [0.25, 0.3) is 0 Å². The number of benzene rings is 2. The zero-order valence-corrected chi connectivity index (χ0v) is 18.0. The number of ketones is 1. The first kappa shape index (κ1) is 22.4. The minimum absolute atomic E-state index is 0. The molecule has 0 aromatic heterocycles. The van der Waals surface area contributed by atoms with Crippen LogP contribution in [0.25, 0.3) is 0 Å². The molecule has 0 saturated carbocycles. The van der Waals surface area contributed by atoms with E-state index in [9.17, 15) is 4.79 Å². The fraction of sp³-hybridized carbons (Fsp3) is 0.190. The molecule has 3 nitrogen and oxygen atoms in total. The standard InChI is InChI=1S/C21H22BrNO2.BrH/c1-3-14-23(2)15-4-5-16-25-20-12-8-18(9-13-20)21(24)17-6-10-19(22)11-7-17;/h3-13H,1,14-16H2,2H3;1H. The highest BCUT2D eigenvalue weighted by atomic mass is 79.9. The number of rotatable bonds is 9. The molecular weight excluding hydrogens is 458 g/mol. The van der Waals surface area contributed by atoms with Gasteiger partial charge in [0.15, 0.2) is 5.78 Å². The van der Waals surface area contributed by atoms with Crippen LogP contribution in [0.4, 0.5) is 0 Å². The number of ether oxygens (including phenoxy) is 1. The fourth-order valence-electron chi connectivity index (χ4n) is 2.23. The second-order valence-electron chi connectivity index (χ2n) is 5.65. The van der Waals surface area contributed by atoms with Crippen LogP contribution in [-0.4, -0.2) is 37.4 Å². The highest BCUT2D eigenvalue weighted by molar-refractivity contribution is 9.10. The van der Waals surface area contributed by atoms with Gasteiger partial charge in [-0.2, -0.15) is 0 Å². The third-order valence-corrected chi connectivity index (χ3v) is 4.12. The Labute approximate surface area is 174 Å². The number of hydrogen-bond donors (Lipinski definition) is 0. The smallest absolute Gasteiger partial charge is 0.193 e. The summed E-state index contributed by atoms with van der Waals surface area (Å²) in [7, 11) is 2.04. The number of hydrogen-bond acceptors (Lipinski definition) is 3. The van der Waals surface area contributed by atoms with Crippen molar-refractivity contribution < 1.29 is 9.53 Å². The van der Waals surface area contributed by atoms with E-state index in [0.29, 0.717) is 17.7 Å². The fourth-order valence-corrected chi connectivity index (χ4v) is 2.50. The maximum atomic E-state index is 12.4. The van der Waals surface area contributed by atoms with Gasteiger partial charge < -0.3 is 4.74 Å². The highest BCUT2D eigenvalue weighted by Gasteiger charge is 2.08. The van der Waals surface area contributed by atoms with Crippen LogP contribution in [-0.2, 0) is 0 Å². The molecule has 5 heteroatoms. The Balaban J connectivity index is 0.00000338. The molecule has 2 aromatic carbocycles. The Kier molecular flexibility index (Phi) is 10.2. The number of likely N-dealkylation sites (N-methyl/N-ethyl adjacent to an activating group) is 1. The van der Waals surface area contributed by atoms with Crippen LogP contribution in [0.15, 0.2) is 77.8 Å². The zero-order valence-electron chi connectivity index (χ0n) is 14.7. The SMILES string of the molecule is Br.C=CCN(C)CC=CCOc1ccc(C(=O)c2ccc(Br)cc2)cc1. The van der Waals surface area contributed by atoms with Crippen LogP contribution in [0.1, 0.15) is 15.9 Å². The summed E-state index contributed by atoms with van der Waals surface area (Å²) in [5, 5.41) is 0. The first-order valence-electron chi connectivity index (χ1n) is 8.07. The summed E-state index contributed by atoms with van der Waals surface area (Å²) in [4.78, 5) is 14.6. The zero-order chi connectivity index (χ0) is 18.1. The van der Waals surface area contributed by atoms with E-state index in [1.165, 1.54) is 0 Å². The molecule has 0 spiro atoms. The summed E-state index contributed by atoms with van der Waals surface area (Å²) in [6.45, 7) is 5.93. The monoisotopic (exact) mass is 479 g/mol. The van der Waals surface area contributed by atoms with Crippen molar-refractivity contribution in [3.05, 3.63) is 88.9 Å². The number of carbonyl (C=O) groups excluding carboxylic acids is 1. The van der Waals surface area contributed by atoms with Crippen LogP contribution < -0.4 is 4.74 Å². The Morgan fingerprint density at radius 2 is 1.62 bits per heavy atom. The van der Waals surface area contributed by atoms with E-state index in [0.717, 1.165) is 23.3 Å². The lowest BCUT2D eigenvalue weighted by atomic mass is 10.0. The van der Waals surface area contributed by atoms with Crippen LogP contribution in [0, 0.1) is 0 Å². The average molecular weight is 481 g/mol. The van der Waals surface area contributed by atoms with Crippen molar-refractivity contribution in [2.75, 3.05) is 26.7 Å². The topological polar surface area (TPSA) is 29.5 Å². The van der Waals surface area contributed by atoms with E-state index in [1.807, 2.05) is 55.6 Å². The Morgan fingerprint density at radius 3 is 2.19 bits per heavy atom. The van der Waals surface area contributed by atoms with Gasteiger partial charge in [-0.1, -0.05) is 34.2 Å². The summed E-state index contributed by atoms with van der Waals surface area (Å²) < 4.78 is 6.62. The quantitative estimate of drug-likeness (QED) is 0.359. The van der Waals surface area contributed by atoms with Crippen LogP contribution in [0.5, 0.6) is 5.75 Å². The normalized spacial score (nSPS) is 10.6. The average Bonchev–Trinajstić information content (AvgIpc) is 2.62. The van der Waals surface area contributed by atoms with E-state index in [1.54, 1.807) is 12.1 Å². The second-order valence-corrected chi connectivity index (χ2v) is 6.57. The van der Waals surface area contributed by atoms with Crippen molar-refractivity contribution in [3.8, 4) is 5.75 Å². The molecule has 0 atom stereocenters. The molecule has 0 aliphatic rings. The molecule has 0 aliphatic heterocycles. The molecule has 2 aromatic rings. The lowest BCUT2D eigenvalue weighted by molar-refractivity contribution is 0.103. The highest BCUT2D eigenvalue weighted by Crippen LogP contribution is 2.17. The Bertz CT molecular complexity index is 725. The third kappa shape index (κ3) is 7.28. The van der Waals surface area contributed by atoms with Gasteiger partial charge in [-0.15, -0.1) is 23.6 Å². The van der Waals surface area contributed by atoms with E-state index >= 15 is 0 Å². The number of halogens is 2. The largest absolute Gasteiger partial charge is 0.490 e. The van der Waals surface area contributed by atoms with Crippen molar-refractivity contribution in [2.45, 2.75) is 0 Å². The molecule has 0 fully saturated rings. The van der Waals surface area contributed by atoms with Gasteiger partial charge in [0.05, 0.1) is 0 Å². The van der Waals surface area contributed by atoms with E-state index in [-0.39, 0.29) is 22.8 Å². The minimum atomic E-state index is 0. The van der Waals surface area contributed by atoms with Crippen LogP contribution >= 0.6 is 32.9 Å². The molecule has 0 amide bonds. The summed E-state index contributed by atoms with van der Waals surface area (Å²) in [5.74, 6) is 0.751. The lowest BCUT2D eigenvalue weighted by Gasteiger charge is -2.10. The van der Waals surface area contributed by atoms with Gasteiger partial charge in [-0.3, -0.25) is 9.69 Å². The molecule has 0 saturated heterocycles. The van der Waals surface area contributed by atoms with Gasteiger partial charge in [0, 0.05) is 28.7 Å². The van der Waals surface area contributed by atoms with Crippen molar-refractivity contribution in [1.29, 1.82) is 0 Å². The molecule has 0 unspecified atom stereocenters. The maximum absolute atomic E-state index is 12.4. The minimum Gasteiger partial charge on any atom is -0.490 e.